The van der Waals surface area contributed by atoms with E-state index in [2.05, 4.69) is 87.0 Å². The summed E-state index contributed by atoms with van der Waals surface area (Å²) in [7, 11) is 0. The number of hydrogen-bond acceptors (Lipinski definition) is 3. The lowest BCUT2D eigenvalue weighted by molar-refractivity contribution is -0.305. The van der Waals surface area contributed by atoms with Crippen molar-refractivity contribution in [2.24, 2.45) is 0 Å². The van der Waals surface area contributed by atoms with Gasteiger partial charge in [0.2, 0.25) is 0 Å². The molecule has 0 spiro atoms. The minimum Gasteiger partial charge on any atom is -0.477 e. The van der Waals surface area contributed by atoms with E-state index < -0.39 is 44.5 Å². The standard InChI is InChI=1S/C10H14N2.C8HCl4F11O2/c1-2-4-10(5-3-1)12-8-6-11-7-9-12;9-3(15,2(13,14)1(24)25)6(18,19)4(10,16)7(20,21)5(11,17)8(12,22)23/h1-5,11H,6-9H2;(H,24,25). The molecule has 0 aliphatic carbocycles. The van der Waals surface area contributed by atoms with Crippen LogP contribution in [0.3, 0.4) is 0 Å². The highest BCUT2D eigenvalue weighted by atomic mass is 35.5. The summed E-state index contributed by atoms with van der Waals surface area (Å²) in [6.45, 7) is 4.47. The molecule has 3 unspecified atom stereocenters. The minimum absolute atomic E-state index is 1.11. The zero-order valence-electron chi connectivity index (χ0n) is 17.7. The molecule has 0 radical (unpaired) electrons. The van der Waals surface area contributed by atoms with E-state index in [1.807, 2.05) is 0 Å². The Labute approximate surface area is 221 Å². The number of anilines is 1. The predicted octanol–water partition coefficient (Wildman–Crippen LogP) is 6.62. The van der Waals surface area contributed by atoms with Gasteiger partial charge in [0.05, 0.1) is 0 Å². The average molecular weight is 642 g/mol. The average Bonchev–Trinajstić information content (AvgIpc) is 2.79. The highest BCUT2D eigenvalue weighted by Crippen LogP contribution is 2.64. The highest BCUT2D eigenvalue weighted by Gasteiger charge is 2.90. The van der Waals surface area contributed by atoms with Gasteiger partial charge >= 0.3 is 44.5 Å². The number of benzene rings is 1. The van der Waals surface area contributed by atoms with Crippen molar-refractivity contribution in [3.63, 3.8) is 0 Å². The number of nitrogens with zero attached hydrogens (tertiary/aromatic N) is 1. The Morgan fingerprint density at radius 1 is 0.730 bits per heavy atom. The number of nitrogens with one attached hydrogen (secondary N) is 1. The smallest absolute Gasteiger partial charge is 0.395 e. The number of halogens is 15. The zero-order valence-corrected chi connectivity index (χ0v) is 20.7. The third-order valence-corrected chi connectivity index (χ3v) is 6.62. The monoisotopic (exact) mass is 640 g/mol. The maximum Gasteiger partial charge on any atom is 0.395 e. The van der Waals surface area contributed by atoms with Crippen LogP contribution in [0.1, 0.15) is 0 Å². The second kappa shape index (κ2) is 11.1. The summed E-state index contributed by atoms with van der Waals surface area (Å²) in [5.41, 5.74) is 1.35. The summed E-state index contributed by atoms with van der Waals surface area (Å²) < 4.78 is 145. The molecule has 1 aromatic carbocycles. The number of hydrogen-bond donors (Lipinski definition) is 2. The molecule has 1 aromatic rings. The van der Waals surface area contributed by atoms with E-state index in [0.29, 0.717) is 0 Å². The first-order valence-corrected chi connectivity index (χ1v) is 11.0. The maximum atomic E-state index is 13.7. The molecule has 0 bridgehead atoms. The number of aliphatic carboxylic acids is 1. The fraction of sp³-hybridized carbons (Fsp3) is 0.611. The Kier molecular flexibility index (Phi) is 10.2. The SMILES string of the molecule is O=C(O)C(F)(F)C(F)(Cl)C(F)(F)C(F)(Cl)C(F)(F)C(F)(Cl)C(F)(F)Cl.c1ccc(N2CCNCC2)cc1. The van der Waals surface area contributed by atoms with Crippen molar-refractivity contribution in [2.75, 3.05) is 31.1 Å². The zero-order chi connectivity index (χ0) is 29.3. The number of carboxylic acids is 1. The Hall–Kier alpha value is -1.16. The summed E-state index contributed by atoms with van der Waals surface area (Å²) >= 11 is 15.4. The van der Waals surface area contributed by atoms with Gasteiger partial charge in [0.25, 0.3) is 0 Å². The van der Waals surface area contributed by atoms with Crippen LogP contribution in [0.5, 0.6) is 0 Å². The first-order valence-electron chi connectivity index (χ1n) is 9.49. The molecule has 214 valence electrons. The second-order valence-corrected chi connectivity index (χ2v) is 9.36. The first-order chi connectivity index (χ1) is 16.4. The van der Waals surface area contributed by atoms with Crippen LogP contribution < -0.4 is 10.2 Å². The molecule has 1 aliphatic rings. The number of carboxylic acid groups (broad SMARTS) is 1. The molecule has 37 heavy (non-hydrogen) atoms. The van der Waals surface area contributed by atoms with E-state index in [4.69, 9.17) is 5.11 Å². The van der Waals surface area contributed by atoms with Crippen molar-refractivity contribution in [1.29, 1.82) is 0 Å². The predicted molar refractivity (Wildman–Crippen MR) is 114 cm³/mol. The van der Waals surface area contributed by atoms with E-state index in [9.17, 15) is 53.1 Å². The molecule has 2 N–H and O–H groups in total. The Morgan fingerprint density at radius 3 is 1.51 bits per heavy atom. The van der Waals surface area contributed by atoms with E-state index in [0.717, 1.165) is 26.2 Å². The van der Waals surface area contributed by atoms with E-state index in [1.165, 1.54) is 5.69 Å². The molecule has 2 rings (SSSR count). The molecule has 0 amide bonds. The second-order valence-electron chi connectivity index (χ2n) is 7.32. The van der Waals surface area contributed by atoms with Crippen LogP contribution in [-0.4, -0.2) is 75.8 Å². The number of piperazine rings is 1. The van der Waals surface area contributed by atoms with Crippen molar-refractivity contribution in [3.05, 3.63) is 30.3 Å². The minimum atomic E-state index is -7.23. The molecule has 19 heteroatoms. The summed E-state index contributed by atoms with van der Waals surface area (Å²) in [4.78, 5) is 12.5. The van der Waals surface area contributed by atoms with Crippen LogP contribution in [-0.2, 0) is 4.79 Å². The number of carbonyl (C=O) groups is 1. The lowest BCUT2D eigenvalue weighted by Crippen LogP contribution is -2.72. The van der Waals surface area contributed by atoms with Crippen LogP contribution in [0.25, 0.3) is 0 Å². The maximum absolute atomic E-state index is 13.7. The van der Waals surface area contributed by atoms with Crippen molar-refractivity contribution in [1.82, 2.24) is 5.32 Å². The lowest BCUT2D eigenvalue weighted by Gasteiger charge is -2.43. The van der Waals surface area contributed by atoms with Crippen LogP contribution in [0.2, 0.25) is 0 Å². The van der Waals surface area contributed by atoms with Crippen molar-refractivity contribution in [3.8, 4) is 0 Å². The third kappa shape index (κ3) is 6.04. The van der Waals surface area contributed by atoms with Gasteiger partial charge in [-0.3, -0.25) is 0 Å². The first kappa shape index (κ1) is 33.9. The summed E-state index contributed by atoms with van der Waals surface area (Å²) in [5, 5.41) is -14.6. The van der Waals surface area contributed by atoms with Crippen LogP contribution in [0.15, 0.2) is 30.3 Å². The van der Waals surface area contributed by atoms with Crippen molar-refractivity contribution >= 4 is 58.1 Å². The van der Waals surface area contributed by atoms with E-state index >= 15 is 0 Å². The van der Waals surface area contributed by atoms with Gasteiger partial charge in [0.15, 0.2) is 0 Å². The number of para-hydroxylation sites is 1. The van der Waals surface area contributed by atoms with E-state index in [1.54, 1.807) is 0 Å². The lowest BCUT2D eigenvalue weighted by atomic mass is 9.94. The van der Waals surface area contributed by atoms with Crippen molar-refractivity contribution < 1.29 is 58.2 Å². The van der Waals surface area contributed by atoms with E-state index in [-0.39, 0.29) is 0 Å². The molecule has 3 atom stereocenters. The van der Waals surface area contributed by atoms with Gasteiger partial charge in [-0.2, -0.15) is 35.1 Å². The molecule has 0 aromatic heterocycles. The molecule has 4 nitrogen and oxygen atoms in total. The highest BCUT2D eigenvalue weighted by molar-refractivity contribution is 6.34. The Balaban J connectivity index is 0.000000466. The third-order valence-electron chi connectivity index (χ3n) is 4.83. The quantitative estimate of drug-likeness (QED) is 0.248. The van der Waals surface area contributed by atoms with Gasteiger partial charge in [0.1, 0.15) is 0 Å². The molecular formula is C18H15Cl4F11N2O2. The summed E-state index contributed by atoms with van der Waals surface area (Å²) in [5.74, 6) is -24.7. The summed E-state index contributed by atoms with van der Waals surface area (Å²) in [6, 6.07) is 10.6. The Morgan fingerprint density at radius 2 is 1.14 bits per heavy atom. The van der Waals surface area contributed by atoms with Crippen molar-refractivity contribution in [2.45, 2.75) is 38.5 Å². The van der Waals surface area contributed by atoms with Gasteiger partial charge in [-0.1, -0.05) is 53.0 Å². The topological polar surface area (TPSA) is 52.6 Å². The molecule has 1 aliphatic heterocycles. The summed E-state index contributed by atoms with van der Waals surface area (Å²) in [6.07, 6.45) is 0. The molecule has 0 saturated carbocycles. The molecule has 1 fully saturated rings. The fourth-order valence-electron chi connectivity index (χ4n) is 2.66. The van der Waals surface area contributed by atoms with Crippen LogP contribution >= 0.6 is 46.4 Å². The Bertz CT molecular complexity index is 926. The molecular weight excluding hydrogens is 627 g/mol. The largest absolute Gasteiger partial charge is 0.477 e. The van der Waals surface area contributed by atoms with Crippen LogP contribution in [0, 0.1) is 0 Å². The molecule has 1 saturated heterocycles. The fourth-order valence-corrected chi connectivity index (χ4v) is 3.48. The van der Waals surface area contributed by atoms with Gasteiger partial charge in [0, 0.05) is 31.9 Å². The molecule has 1 heterocycles. The van der Waals surface area contributed by atoms with Gasteiger partial charge in [-0.25, -0.2) is 18.0 Å². The normalized spacial score (nSPS) is 20.6. The van der Waals surface area contributed by atoms with Gasteiger partial charge in [-0.05, 0) is 23.7 Å². The van der Waals surface area contributed by atoms with Crippen LogP contribution in [0.4, 0.5) is 54.0 Å². The van der Waals surface area contributed by atoms with Gasteiger partial charge < -0.3 is 15.3 Å². The number of rotatable bonds is 8. The van der Waals surface area contributed by atoms with Gasteiger partial charge in [-0.15, -0.1) is 0 Å². The number of alkyl halides is 15.